The van der Waals surface area contributed by atoms with Gasteiger partial charge in [-0.2, -0.15) is 8.42 Å². The molecule has 0 aromatic heterocycles. The molecule has 2 heterocycles. The molecule has 9 nitrogen and oxygen atoms in total. The topological polar surface area (TPSA) is 107 Å². The molecule has 0 spiro atoms. The largest absolute Gasteiger partial charge is 0.457 e. The molecule has 0 radical (unpaired) electrons. The van der Waals surface area contributed by atoms with Crippen molar-refractivity contribution in [2.24, 2.45) is 0 Å². The lowest BCUT2D eigenvalue weighted by Gasteiger charge is -2.47. The Morgan fingerprint density at radius 3 is 2.33 bits per heavy atom. The third-order valence-corrected chi connectivity index (χ3v) is 6.76. The van der Waals surface area contributed by atoms with Gasteiger partial charge in [-0.1, -0.05) is 48.0 Å². The molecule has 2 aliphatic heterocycles. The Morgan fingerprint density at radius 1 is 1.00 bits per heavy atom. The zero-order valence-electron chi connectivity index (χ0n) is 18.4. The van der Waals surface area contributed by atoms with Gasteiger partial charge in [0.05, 0.1) is 11.5 Å². The molecule has 0 bridgehead atoms. The third-order valence-electron chi connectivity index (χ3n) is 5.44. The summed E-state index contributed by atoms with van der Waals surface area (Å²) in [7, 11) is -2.88. The summed E-state index contributed by atoms with van der Waals surface area (Å²) in [6, 6.07) is 15.4. The van der Waals surface area contributed by atoms with E-state index >= 15 is 0 Å². The summed E-state index contributed by atoms with van der Waals surface area (Å²) < 4.78 is 60.2. The quantitative estimate of drug-likeness (QED) is 0.457. The van der Waals surface area contributed by atoms with Crippen LogP contribution in [0.5, 0.6) is 0 Å². The van der Waals surface area contributed by atoms with Gasteiger partial charge in [-0.3, -0.25) is 8.98 Å². The monoisotopic (exact) mass is 478 g/mol. The first-order chi connectivity index (χ1) is 15.8. The first-order valence-corrected chi connectivity index (χ1v) is 11.9. The fraction of sp³-hybridized carbons (Fsp3) is 0.435. The van der Waals surface area contributed by atoms with Crippen molar-refractivity contribution in [3.63, 3.8) is 0 Å². The van der Waals surface area contributed by atoms with E-state index in [2.05, 4.69) is 0 Å². The average Bonchev–Trinajstić information content (AvgIpc) is 2.80. The number of ether oxygens (including phenoxy) is 5. The second-order valence-corrected chi connectivity index (χ2v) is 9.43. The molecule has 178 valence electrons. The van der Waals surface area contributed by atoms with Gasteiger partial charge in [0, 0.05) is 19.6 Å². The van der Waals surface area contributed by atoms with E-state index in [-0.39, 0.29) is 11.5 Å². The molecule has 2 aromatic carbocycles. The van der Waals surface area contributed by atoms with Crippen molar-refractivity contribution >= 4 is 16.1 Å². The lowest BCUT2D eigenvalue weighted by atomic mass is 9.97. The summed E-state index contributed by atoms with van der Waals surface area (Å²) in [6.07, 6.45) is -5.83. The van der Waals surface area contributed by atoms with Crippen LogP contribution in [0.15, 0.2) is 59.5 Å². The molecule has 2 aromatic rings. The van der Waals surface area contributed by atoms with Crippen LogP contribution in [-0.2, 0) is 42.8 Å². The van der Waals surface area contributed by atoms with Crippen LogP contribution in [0.1, 0.15) is 24.3 Å². The molecule has 2 aliphatic rings. The minimum absolute atomic E-state index is 0.0401. The Morgan fingerprint density at radius 2 is 1.70 bits per heavy atom. The van der Waals surface area contributed by atoms with E-state index in [1.54, 1.807) is 12.1 Å². The van der Waals surface area contributed by atoms with Crippen LogP contribution in [0.4, 0.5) is 0 Å². The minimum Gasteiger partial charge on any atom is -0.457 e. The van der Waals surface area contributed by atoms with E-state index in [1.165, 1.54) is 26.2 Å². The van der Waals surface area contributed by atoms with Gasteiger partial charge in [0.15, 0.2) is 24.8 Å². The number of carbonyl (C=O) groups excluding carboxylic acids is 1. The number of rotatable bonds is 6. The maximum absolute atomic E-state index is 13.0. The molecule has 0 unspecified atom stereocenters. The Bertz CT molecular complexity index is 1060. The van der Waals surface area contributed by atoms with Crippen molar-refractivity contribution in [1.29, 1.82) is 0 Å². The van der Waals surface area contributed by atoms with Crippen molar-refractivity contribution in [2.75, 3.05) is 13.7 Å². The van der Waals surface area contributed by atoms with Gasteiger partial charge in [0.1, 0.15) is 12.2 Å². The smallest absolute Gasteiger partial charge is 0.303 e. The van der Waals surface area contributed by atoms with E-state index in [4.69, 9.17) is 27.9 Å². The summed E-state index contributed by atoms with van der Waals surface area (Å²) in [6.45, 7) is 3.20. The highest BCUT2D eigenvalue weighted by atomic mass is 32.2. The van der Waals surface area contributed by atoms with Gasteiger partial charge in [-0.15, -0.1) is 0 Å². The fourth-order valence-electron chi connectivity index (χ4n) is 3.85. The second-order valence-electron chi connectivity index (χ2n) is 7.86. The molecule has 0 saturated carbocycles. The number of methoxy groups -OCH3 is 1. The molecule has 0 N–H and O–H groups in total. The van der Waals surface area contributed by atoms with Gasteiger partial charge in [0.25, 0.3) is 10.1 Å². The van der Waals surface area contributed by atoms with Gasteiger partial charge in [0.2, 0.25) is 0 Å². The predicted octanol–water partition coefficient (Wildman–Crippen LogP) is 2.49. The van der Waals surface area contributed by atoms with E-state index in [0.717, 1.165) is 11.1 Å². The normalized spacial score (nSPS) is 29.8. The zero-order chi connectivity index (χ0) is 23.6. The summed E-state index contributed by atoms with van der Waals surface area (Å²) in [5.41, 5.74) is 1.66. The SMILES string of the molecule is CO[C@H]1O[C@@H]2CO[C@@H](c3ccccc3)O[C@H]2[C@H](OC(C)=O)[C@H]1OS(=O)(=O)c1ccc(C)cc1. The Hall–Kier alpha value is -2.34. The Labute approximate surface area is 192 Å². The predicted molar refractivity (Wildman–Crippen MR) is 114 cm³/mol. The van der Waals surface area contributed by atoms with Gasteiger partial charge in [-0.05, 0) is 19.1 Å². The van der Waals surface area contributed by atoms with E-state index in [9.17, 15) is 13.2 Å². The second kappa shape index (κ2) is 9.88. The fourth-order valence-corrected chi connectivity index (χ4v) is 4.92. The van der Waals surface area contributed by atoms with Crippen molar-refractivity contribution in [2.45, 2.75) is 55.7 Å². The van der Waals surface area contributed by atoms with Gasteiger partial charge in [-0.25, -0.2) is 0 Å². The number of aryl methyl sites for hydroxylation is 1. The maximum atomic E-state index is 13.0. The van der Waals surface area contributed by atoms with Gasteiger partial charge >= 0.3 is 5.97 Å². The van der Waals surface area contributed by atoms with Crippen LogP contribution in [0.2, 0.25) is 0 Å². The van der Waals surface area contributed by atoms with Crippen LogP contribution in [0, 0.1) is 6.92 Å². The zero-order valence-corrected chi connectivity index (χ0v) is 19.3. The first-order valence-electron chi connectivity index (χ1n) is 10.5. The number of hydrogen-bond acceptors (Lipinski definition) is 9. The van der Waals surface area contributed by atoms with Crippen LogP contribution in [0.25, 0.3) is 0 Å². The highest BCUT2D eigenvalue weighted by molar-refractivity contribution is 7.86. The van der Waals surface area contributed by atoms with Crippen LogP contribution in [0.3, 0.4) is 0 Å². The van der Waals surface area contributed by atoms with Crippen molar-refractivity contribution in [3.8, 4) is 0 Å². The lowest BCUT2D eigenvalue weighted by Crippen LogP contribution is -2.64. The minimum atomic E-state index is -4.23. The number of carbonyl (C=O) groups is 1. The van der Waals surface area contributed by atoms with Crippen molar-refractivity contribution < 1.29 is 41.1 Å². The Balaban J connectivity index is 1.64. The Kier molecular flexibility index (Phi) is 7.13. The summed E-state index contributed by atoms with van der Waals surface area (Å²) >= 11 is 0. The summed E-state index contributed by atoms with van der Waals surface area (Å²) in [5.74, 6) is -0.622. The molecule has 0 aliphatic carbocycles. The van der Waals surface area contributed by atoms with Crippen LogP contribution >= 0.6 is 0 Å². The summed E-state index contributed by atoms with van der Waals surface area (Å²) in [4.78, 5) is 11.9. The molecule has 6 atom stereocenters. The van der Waals surface area contributed by atoms with Crippen LogP contribution in [-0.4, -0.2) is 58.8 Å². The molecular formula is C23H26O9S. The number of benzene rings is 2. The number of hydrogen-bond donors (Lipinski definition) is 0. The van der Waals surface area contributed by atoms with E-state index < -0.39 is 53.1 Å². The molecular weight excluding hydrogens is 452 g/mol. The highest BCUT2D eigenvalue weighted by Crippen LogP contribution is 2.37. The molecule has 33 heavy (non-hydrogen) atoms. The molecule has 4 rings (SSSR count). The third kappa shape index (κ3) is 5.26. The first kappa shape index (κ1) is 23.8. The van der Waals surface area contributed by atoms with E-state index in [0.29, 0.717) is 0 Å². The van der Waals surface area contributed by atoms with Gasteiger partial charge < -0.3 is 23.7 Å². The van der Waals surface area contributed by atoms with Crippen molar-refractivity contribution in [1.82, 2.24) is 0 Å². The van der Waals surface area contributed by atoms with Crippen LogP contribution < -0.4 is 0 Å². The number of fused-ring (bicyclic) bond motifs is 1. The lowest BCUT2D eigenvalue weighted by molar-refractivity contribution is -0.355. The summed E-state index contributed by atoms with van der Waals surface area (Å²) in [5, 5.41) is 0. The standard InChI is InChI=1S/C23H26O9S/c1-14-9-11-17(12-10-14)33(25,26)32-21-20(29-15(2)24)19-18(30-23(21)27-3)13-28-22(31-19)16-7-5-4-6-8-16/h4-12,18-23H,13H2,1-3H3/t18-,19-,20+,21-,22-,23+/m1/s1. The molecule has 10 heteroatoms. The highest BCUT2D eigenvalue weighted by Gasteiger charge is 2.54. The number of esters is 1. The molecule has 2 fully saturated rings. The van der Waals surface area contributed by atoms with E-state index in [1.807, 2.05) is 37.3 Å². The van der Waals surface area contributed by atoms with Crippen molar-refractivity contribution in [3.05, 3.63) is 65.7 Å². The average molecular weight is 479 g/mol. The maximum Gasteiger partial charge on any atom is 0.303 e. The molecule has 2 saturated heterocycles. The molecule has 0 amide bonds.